The molecule has 146 valence electrons. The van der Waals surface area contributed by atoms with Crippen LogP contribution in [0.5, 0.6) is 11.5 Å². The molecule has 1 atom stereocenters. The first-order valence-electron chi connectivity index (χ1n) is 9.19. The zero-order chi connectivity index (χ0) is 19.9. The third-order valence-electron chi connectivity index (χ3n) is 4.46. The molecule has 0 aromatic heterocycles. The van der Waals surface area contributed by atoms with Crippen molar-refractivity contribution < 1.29 is 14.3 Å². The van der Waals surface area contributed by atoms with Gasteiger partial charge in [0.15, 0.2) is 18.1 Å². The van der Waals surface area contributed by atoms with Crippen LogP contribution in [0.1, 0.15) is 18.9 Å². The van der Waals surface area contributed by atoms with Crippen LogP contribution in [0.25, 0.3) is 0 Å². The van der Waals surface area contributed by atoms with Gasteiger partial charge >= 0.3 is 0 Å². The average molecular weight is 444 g/mol. The molecule has 1 aliphatic heterocycles. The first-order chi connectivity index (χ1) is 13.6. The largest absolute Gasteiger partial charge is 0.490 e. The molecule has 1 amide bonds. The normalized spacial score (nSPS) is 15.8. The third-order valence-corrected chi connectivity index (χ3v) is 5.05. The van der Waals surface area contributed by atoms with E-state index in [1.165, 1.54) is 0 Å². The van der Waals surface area contributed by atoms with Crippen molar-refractivity contribution in [2.75, 3.05) is 31.6 Å². The van der Waals surface area contributed by atoms with E-state index in [1.54, 1.807) is 17.0 Å². The summed E-state index contributed by atoms with van der Waals surface area (Å²) in [6.45, 7) is 3.54. The highest BCUT2D eigenvalue weighted by Crippen LogP contribution is 2.36. The number of benzene rings is 2. The molecule has 1 heterocycles. The Balaban J connectivity index is 1.58. The molecule has 0 bridgehead atoms. The highest BCUT2D eigenvalue weighted by atomic mass is 79.9. The van der Waals surface area contributed by atoms with Crippen LogP contribution < -0.4 is 14.8 Å². The van der Waals surface area contributed by atoms with E-state index in [-0.39, 0.29) is 18.6 Å². The van der Waals surface area contributed by atoms with Crippen LogP contribution >= 0.6 is 15.9 Å². The molecule has 1 aliphatic rings. The van der Waals surface area contributed by atoms with Gasteiger partial charge in [-0.1, -0.05) is 18.2 Å². The summed E-state index contributed by atoms with van der Waals surface area (Å²) in [6.07, 6.45) is 0.894. The Bertz CT molecular complexity index is 867. The van der Waals surface area contributed by atoms with Crippen molar-refractivity contribution in [1.29, 1.82) is 5.26 Å². The van der Waals surface area contributed by atoms with Gasteiger partial charge in [-0.05, 0) is 47.5 Å². The van der Waals surface area contributed by atoms with Crippen LogP contribution in [-0.4, -0.2) is 43.2 Å². The summed E-state index contributed by atoms with van der Waals surface area (Å²) in [6, 6.07) is 15.6. The minimum absolute atomic E-state index is 0.0731. The Morgan fingerprint density at radius 2 is 2.11 bits per heavy atom. The lowest BCUT2D eigenvalue weighted by Gasteiger charge is -2.19. The number of para-hydroxylation sites is 1. The molecule has 1 unspecified atom stereocenters. The molecule has 28 heavy (non-hydrogen) atoms. The Kier molecular flexibility index (Phi) is 6.77. The van der Waals surface area contributed by atoms with Crippen LogP contribution in [0.3, 0.4) is 0 Å². The van der Waals surface area contributed by atoms with Crippen molar-refractivity contribution in [1.82, 2.24) is 4.90 Å². The maximum absolute atomic E-state index is 12.6. The molecule has 6 nitrogen and oxygen atoms in total. The summed E-state index contributed by atoms with van der Waals surface area (Å²) >= 11 is 3.40. The highest BCUT2D eigenvalue weighted by Gasteiger charge is 2.27. The number of hydrogen-bond acceptors (Lipinski definition) is 5. The van der Waals surface area contributed by atoms with E-state index in [4.69, 9.17) is 14.7 Å². The van der Waals surface area contributed by atoms with Crippen LogP contribution in [0.15, 0.2) is 46.9 Å². The second kappa shape index (κ2) is 9.47. The fourth-order valence-electron chi connectivity index (χ4n) is 3.14. The smallest absolute Gasteiger partial charge is 0.260 e. The van der Waals surface area contributed by atoms with Crippen molar-refractivity contribution in [3.8, 4) is 17.6 Å². The summed E-state index contributed by atoms with van der Waals surface area (Å²) in [5.41, 5.74) is 1.52. The standard InChI is InChI=1S/C21H22BrN3O3/c1-2-27-19-11-15(12-23)10-18(22)21(19)28-14-20(26)25-9-8-17(13-25)24-16-6-4-3-5-7-16/h3-7,10-11,17,24H,2,8-9,13-14H2,1H3. The van der Waals surface area contributed by atoms with Crippen molar-refractivity contribution in [3.63, 3.8) is 0 Å². The van der Waals surface area contributed by atoms with Gasteiger partial charge in [0.2, 0.25) is 0 Å². The predicted molar refractivity (Wildman–Crippen MR) is 111 cm³/mol. The quantitative estimate of drug-likeness (QED) is 0.703. The Hall–Kier alpha value is -2.72. The summed E-state index contributed by atoms with van der Waals surface area (Å²) in [4.78, 5) is 14.4. The maximum atomic E-state index is 12.6. The van der Waals surface area contributed by atoms with Gasteiger partial charge in [0.1, 0.15) is 0 Å². The van der Waals surface area contributed by atoms with Gasteiger partial charge in [0.05, 0.1) is 22.7 Å². The number of ether oxygens (including phenoxy) is 2. The molecule has 0 spiro atoms. The monoisotopic (exact) mass is 443 g/mol. The number of likely N-dealkylation sites (tertiary alicyclic amines) is 1. The molecule has 7 heteroatoms. The Morgan fingerprint density at radius 1 is 1.32 bits per heavy atom. The average Bonchev–Trinajstić information content (AvgIpc) is 3.16. The van der Waals surface area contributed by atoms with Gasteiger partial charge in [-0.15, -0.1) is 0 Å². The van der Waals surface area contributed by atoms with Gasteiger partial charge in [0.25, 0.3) is 5.91 Å². The van der Waals surface area contributed by atoms with E-state index in [9.17, 15) is 4.79 Å². The minimum Gasteiger partial charge on any atom is -0.490 e. The van der Waals surface area contributed by atoms with Crippen molar-refractivity contribution in [2.45, 2.75) is 19.4 Å². The molecule has 1 fully saturated rings. The van der Waals surface area contributed by atoms with E-state index >= 15 is 0 Å². The van der Waals surface area contributed by atoms with Crippen molar-refractivity contribution in [3.05, 3.63) is 52.5 Å². The van der Waals surface area contributed by atoms with Gasteiger partial charge in [-0.25, -0.2) is 0 Å². The first-order valence-corrected chi connectivity index (χ1v) is 9.98. The van der Waals surface area contributed by atoms with Crippen molar-refractivity contribution >= 4 is 27.5 Å². The lowest BCUT2D eigenvalue weighted by atomic mass is 10.2. The summed E-state index contributed by atoms with van der Waals surface area (Å²) in [5, 5.41) is 12.6. The predicted octanol–water partition coefficient (Wildman–Crippen LogP) is 3.81. The summed E-state index contributed by atoms with van der Waals surface area (Å²) in [5.74, 6) is 0.815. The lowest BCUT2D eigenvalue weighted by molar-refractivity contribution is -0.132. The molecule has 0 aliphatic carbocycles. The zero-order valence-corrected chi connectivity index (χ0v) is 17.2. The second-order valence-corrected chi connectivity index (χ2v) is 7.31. The Labute approximate surface area is 173 Å². The first kappa shape index (κ1) is 20.0. The van der Waals surface area contributed by atoms with E-state index in [0.717, 1.165) is 12.1 Å². The molecule has 0 radical (unpaired) electrons. The molecule has 0 saturated carbocycles. The molecular formula is C21H22BrN3O3. The molecule has 2 aromatic rings. The van der Waals surface area contributed by atoms with Crippen LogP contribution in [-0.2, 0) is 4.79 Å². The van der Waals surface area contributed by atoms with Gasteiger partial charge in [-0.3, -0.25) is 4.79 Å². The maximum Gasteiger partial charge on any atom is 0.260 e. The number of halogens is 1. The van der Waals surface area contributed by atoms with E-state index in [1.807, 2.05) is 37.3 Å². The SMILES string of the molecule is CCOc1cc(C#N)cc(Br)c1OCC(=O)N1CCC(Nc2ccccc2)C1. The molecule has 3 rings (SSSR count). The molecule has 1 N–H and O–H groups in total. The second-order valence-electron chi connectivity index (χ2n) is 6.45. The number of amides is 1. The van der Waals surface area contributed by atoms with Gasteiger partial charge in [-0.2, -0.15) is 5.26 Å². The fourth-order valence-corrected chi connectivity index (χ4v) is 3.69. The van der Waals surface area contributed by atoms with E-state index in [0.29, 0.717) is 41.2 Å². The number of rotatable bonds is 7. The Morgan fingerprint density at radius 3 is 2.82 bits per heavy atom. The van der Waals surface area contributed by atoms with Crippen LogP contribution in [0.4, 0.5) is 5.69 Å². The van der Waals surface area contributed by atoms with E-state index < -0.39 is 0 Å². The van der Waals surface area contributed by atoms with Gasteiger partial charge < -0.3 is 19.7 Å². The fraction of sp³-hybridized carbons (Fsp3) is 0.333. The number of anilines is 1. The summed E-state index contributed by atoms with van der Waals surface area (Å²) < 4.78 is 11.9. The number of hydrogen-bond donors (Lipinski definition) is 1. The molecule has 2 aromatic carbocycles. The van der Waals surface area contributed by atoms with Crippen LogP contribution in [0.2, 0.25) is 0 Å². The number of nitrogens with one attached hydrogen (secondary N) is 1. The summed E-state index contributed by atoms with van der Waals surface area (Å²) in [7, 11) is 0. The van der Waals surface area contributed by atoms with E-state index in [2.05, 4.69) is 27.3 Å². The van der Waals surface area contributed by atoms with Crippen molar-refractivity contribution in [2.24, 2.45) is 0 Å². The van der Waals surface area contributed by atoms with Crippen LogP contribution in [0, 0.1) is 11.3 Å². The number of carbonyl (C=O) groups is 1. The number of carbonyl (C=O) groups excluding carboxylic acids is 1. The molecular weight excluding hydrogens is 422 g/mol. The minimum atomic E-state index is -0.0807. The van der Waals surface area contributed by atoms with Gasteiger partial charge in [0, 0.05) is 30.9 Å². The third kappa shape index (κ3) is 4.96. The zero-order valence-electron chi connectivity index (χ0n) is 15.7. The highest BCUT2D eigenvalue weighted by molar-refractivity contribution is 9.10. The number of nitrogens with zero attached hydrogens (tertiary/aromatic N) is 2. The topological polar surface area (TPSA) is 74.6 Å². The molecule has 1 saturated heterocycles. The number of nitriles is 1. The lowest BCUT2D eigenvalue weighted by Crippen LogP contribution is -2.35.